The van der Waals surface area contributed by atoms with Crippen LogP contribution in [-0.4, -0.2) is 19.9 Å². The van der Waals surface area contributed by atoms with Gasteiger partial charge in [-0.2, -0.15) is 5.10 Å². The molecule has 4 heteroatoms. The molecule has 2 aromatic rings. The van der Waals surface area contributed by atoms with Crippen molar-refractivity contribution in [1.29, 1.82) is 0 Å². The lowest BCUT2D eigenvalue weighted by atomic mass is 10.3. The van der Waals surface area contributed by atoms with Gasteiger partial charge in [0.15, 0.2) is 5.65 Å². The predicted molar refractivity (Wildman–Crippen MR) is 50.5 cm³/mol. The van der Waals surface area contributed by atoms with Crippen LogP contribution < -0.4 is 0 Å². The van der Waals surface area contributed by atoms with Crippen LogP contribution in [-0.2, 0) is 6.42 Å². The quantitative estimate of drug-likeness (QED) is 0.729. The van der Waals surface area contributed by atoms with Crippen LogP contribution in [0.5, 0.6) is 0 Å². The van der Waals surface area contributed by atoms with Crippen molar-refractivity contribution in [2.45, 2.75) is 6.42 Å². The van der Waals surface area contributed by atoms with Crippen molar-refractivity contribution in [2.75, 3.05) is 5.33 Å². The first-order valence-corrected chi connectivity index (χ1v) is 4.87. The molecule has 0 bridgehead atoms. The van der Waals surface area contributed by atoms with Crippen molar-refractivity contribution in [3.05, 3.63) is 30.2 Å². The molecule has 0 saturated heterocycles. The topological polar surface area (TPSA) is 30.2 Å². The number of aryl methyl sites for hydroxylation is 1. The Morgan fingerprint density at radius 2 is 2.42 bits per heavy atom. The molecule has 0 N–H and O–H groups in total. The van der Waals surface area contributed by atoms with Crippen molar-refractivity contribution in [3.8, 4) is 0 Å². The Kier molecular flexibility index (Phi) is 2.08. The smallest absolute Gasteiger partial charge is 0.155 e. The first kappa shape index (κ1) is 7.73. The summed E-state index contributed by atoms with van der Waals surface area (Å²) in [6.45, 7) is 0. The summed E-state index contributed by atoms with van der Waals surface area (Å²) in [6.07, 6.45) is 4.62. The molecule has 0 spiro atoms. The van der Waals surface area contributed by atoms with Crippen molar-refractivity contribution in [2.24, 2.45) is 0 Å². The van der Waals surface area contributed by atoms with Gasteiger partial charge in [0.1, 0.15) is 0 Å². The Labute approximate surface area is 78.6 Å². The van der Waals surface area contributed by atoms with E-state index in [-0.39, 0.29) is 0 Å². The van der Waals surface area contributed by atoms with Crippen LogP contribution >= 0.6 is 15.9 Å². The molecular formula is C8H8BrN3. The van der Waals surface area contributed by atoms with Gasteiger partial charge in [0.25, 0.3) is 0 Å². The minimum Gasteiger partial charge on any atom is -0.237 e. The second kappa shape index (κ2) is 3.23. The fourth-order valence-electron chi connectivity index (χ4n) is 1.10. The van der Waals surface area contributed by atoms with E-state index in [2.05, 4.69) is 26.0 Å². The maximum atomic E-state index is 4.33. The number of alkyl halides is 1. The Morgan fingerprint density at radius 1 is 1.50 bits per heavy atom. The molecule has 0 fully saturated rings. The molecule has 2 aromatic heterocycles. The van der Waals surface area contributed by atoms with Crippen LogP contribution in [0.1, 0.15) is 5.69 Å². The Balaban J connectivity index is 2.47. The largest absolute Gasteiger partial charge is 0.237 e. The first-order valence-electron chi connectivity index (χ1n) is 3.75. The highest BCUT2D eigenvalue weighted by atomic mass is 79.9. The summed E-state index contributed by atoms with van der Waals surface area (Å²) in [7, 11) is 0. The molecule has 0 aliphatic rings. The van der Waals surface area contributed by atoms with Crippen molar-refractivity contribution >= 4 is 21.6 Å². The van der Waals surface area contributed by atoms with E-state index in [1.807, 2.05) is 18.3 Å². The standard InChI is InChI=1S/C8H8BrN3/c9-3-2-7-6-8-10-4-1-5-12(8)11-7/h1,4-6H,2-3H2. The van der Waals surface area contributed by atoms with E-state index in [0.29, 0.717) is 0 Å². The highest BCUT2D eigenvalue weighted by Crippen LogP contribution is 2.04. The molecule has 0 saturated carbocycles. The number of hydrogen-bond donors (Lipinski definition) is 0. The van der Waals surface area contributed by atoms with Gasteiger partial charge in [-0.05, 0) is 6.07 Å². The van der Waals surface area contributed by atoms with Gasteiger partial charge in [-0.1, -0.05) is 15.9 Å². The lowest BCUT2D eigenvalue weighted by Gasteiger charge is -1.87. The maximum absolute atomic E-state index is 4.33. The predicted octanol–water partition coefficient (Wildman–Crippen LogP) is 1.67. The zero-order chi connectivity index (χ0) is 8.39. The molecule has 2 heterocycles. The van der Waals surface area contributed by atoms with Gasteiger partial charge in [-0.25, -0.2) is 9.50 Å². The summed E-state index contributed by atoms with van der Waals surface area (Å²) >= 11 is 3.37. The van der Waals surface area contributed by atoms with Crippen molar-refractivity contribution < 1.29 is 0 Å². The minimum atomic E-state index is 0.911. The number of halogens is 1. The van der Waals surface area contributed by atoms with E-state index < -0.39 is 0 Å². The minimum absolute atomic E-state index is 0.911. The Bertz CT molecular complexity index is 349. The average molecular weight is 226 g/mol. The fourth-order valence-corrected chi connectivity index (χ4v) is 1.50. The van der Waals surface area contributed by atoms with Gasteiger partial charge in [-0.15, -0.1) is 0 Å². The van der Waals surface area contributed by atoms with Gasteiger partial charge >= 0.3 is 0 Å². The fraction of sp³-hybridized carbons (Fsp3) is 0.250. The first-order chi connectivity index (χ1) is 5.90. The number of nitrogens with zero attached hydrogens (tertiary/aromatic N) is 3. The Hall–Kier alpha value is -0.900. The normalized spacial score (nSPS) is 10.8. The van der Waals surface area contributed by atoms with Gasteiger partial charge in [0.05, 0.1) is 5.69 Å². The summed E-state index contributed by atoms with van der Waals surface area (Å²) in [4.78, 5) is 4.17. The van der Waals surface area contributed by atoms with Gasteiger partial charge < -0.3 is 0 Å². The van der Waals surface area contributed by atoms with Gasteiger partial charge in [0, 0.05) is 30.2 Å². The molecule has 0 atom stereocenters. The van der Waals surface area contributed by atoms with Gasteiger partial charge in [-0.3, -0.25) is 0 Å². The van der Waals surface area contributed by atoms with Gasteiger partial charge in [0.2, 0.25) is 0 Å². The lowest BCUT2D eigenvalue weighted by Crippen LogP contribution is -1.89. The van der Waals surface area contributed by atoms with Crippen LogP contribution in [0.2, 0.25) is 0 Å². The lowest BCUT2D eigenvalue weighted by molar-refractivity contribution is 0.891. The molecule has 0 radical (unpaired) electrons. The zero-order valence-corrected chi connectivity index (χ0v) is 8.03. The summed E-state index contributed by atoms with van der Waals surface area (Å²) < 4.78 is 1.79. The summed E-state index contributed by atoms with van der Waals surface area (Å²) in [5.41, 5.74) is 1.99. The molecule has 62 valence electrons. The van der Waals surface area contributed by atoms with Crippen molar-refractivity contribution in [1.82, 2.24) is 14.6 Å². The van der Waals surface area contributed by atoms with Crippen molar-refractivity contribution in [3.63, 3.8) is 0 Å². The maximum Gasteiger partial charge on any atom is 0.155 e. The summed E-state index contributed by atoms with van der Waals surface area (Å²) in [6, 6.07) is 3.87. The molecule has 2 rings (SSSR count). The highest BCUT2D eigenvalue weighted by molar-refractivity contribution is 9.09. The van der Waals surface area contributed by atoms with Crippen LogP contribution in [0.15, 0.2) is 24.5 Å². The number of hydrogen-bond acceptors (Lipinski definition) is 2. The van der Waals surface area contributed by atoms with Crippen LogP contribution in [0, 0.1) is 0 Å². The van der Waals surface area contributed by atoms with Crippen LogP contribution in [0.3, 0.4) is 0 Å². The van der Waals surface area contributed by atoms with Crippen LogP contribution in [0.25, 0.3) is 5.65 Å². The van der Waals surface area contributed by atoms with E-state index in [0.717, 1.165) is 23.1 Å². The monoisotopic (exact) mass is 225 g/mol. The molecule has 0 aliphatic carbocycles. The molecule has 0 aromatic carbocycles. The summed E-state index contributed by atoms with van der Waals surface area (Å²) in [5, 5.41) is 5.27. The third kappa shape index (κ3) is 1.34. The third-order valence-corrected chi connectivity index (χ3v) is 2.03. The Morgan fingerprint density at radius 3 is 3.17 bits per heavy atom. The highest BCUT2D eigenvalue weighted by Gasteiger charge is 1.99. The number of rotatable bonds is 2. The molecule has 3 nitrogen and oxygen atoms in total. The molecule has 0 unspecified atom stereocenters. The average Bonchev–Trinajstić information content (AvgIpc) is 2.47. The molecular weight excluding hydrogens is 218 g/mol. The second-order valence-corrected chi connectivity index (χ2v) is 3.29. The third-order valence-electron chi connectivity index (χ3n) is 1.64. The van der Waals surface area contributed by atoms with E-state index in [4.69, 9.17) is 0 Å². The second-order valence-electron chi connectivity index (χ2n) is 2.50. The van der Waals surface area contributed by atoms with E-state index in [1.54, 1.807) is 10.7 Å². The number of aromatic nitrogens is 3. The SMILES string of the molecule is BrCCc1cc2ncccn2n1. The van der Waals surface area contributed by atoms with E-state index >= 15 is 0 Å². The number of fused-ring (bicyclic) bond motifs is 1. The van der Waals surface area contributed by atoms with E-state index in [1.165, 1.54) is 0 Å². The molecule has 0 amide bonds. The summed E-state index contributed by atoms with van der Waals surface area (Å²) in [5.74, 6) is 0. The van der Waals surface area contributed by atoms with E-state index in [9.17, 15) is 0 Å². The van der Waals surface area contributed by atoms with Crippen LogP contribution in [0.4, 0.5) is 0 Å². The zero-order valence-electron chi connectivity index (χ0n) is 6.44. The molecule has 12 heavy (non-hydrogen) atoms. The molecule has 0 aliphatic heterocycles.